The Balaban J connectivity index is 1.60. The lowest BCUT2D eigenvalue weighted by molar-refractivity contribution is -0.148. The summed E-state index contributed by atoms with van der Waals surface area (Å²) in [6.45, 7) is 1.07. The number of fused-ring (bicyclic) bond motifs is 1. The summed E-state index contributed by atoms with van der Waals surface area (Å²) in [6, 6.07) is -0.0638. The van der Waals surface area contributed by atoms with Crippen molar-refractivity contribution >= 4 is 23.1 Å². The van der Waals surface area contributed by atoms with Crippen molar-refractivity contribution in [2.45, 2.75) is 25.3 Å². The van der Waals surface area contributed by atoms with Gasteiger partial charge in [-0.1, -0.05) is 0 Å². The molecule has 2 heterocycles. The molecule has 1 aliphatic rings. The van der Waals surface area contributed by atoms with Crippen molar-refractivity contribution in [3.8, 4) is 0 Å². The molecule has 0 saturated heterocycles. The van der Waals surface area contributed by atoms with E-state index in [4.69, 9.17) is 10.5 Å². The number of aliphatic hydroxyl groups excluding tert-OH is 1. The van der Waals surface area contributed by atoms with Crippen LogP contribution in [0.2, 0.25) is 0 Å². The highest BCUT2D eigenvalue weighted by atomic mass is 16.5. The summed E-state index contributed by atoms with van der Waals surface area (Å²) in [5.74, 6) is -0.225. The Morgan fingerprint density at radius 3 is 3.00 bits per heavy atom. The molecule has 2 aromatic heterocycles. The zero-order chi connectivity index (χ0) is 19.6. The molecule has 4 N–H and O–H groups in total. The minimum absolute atomic E-state index is 0.0253. The second kappa shape index (κ2) is 8.05. The maximum atomic E-state index is 11.9. The normalized spacial score (nSPS) is 22.1. The summed E-state index contributed by atoms with van der Waals surface area (Å²) < 4.78 is 7.14. The number of esters is 1. The second-order valence-corrected chi connectivity index (χ2v) is 7.27. The average Bonchev–Trinajstić information content (AvgIpc) is 2.97. The monoisotopic (exact) mass is 378 g/mol. The summed E-state index contributed by atoms with van der Waals surface area (Å²) >= 11 is 0. The standard InChI is InChI=1S/C17H26N6O4/c1-22(2)5-3-4-13(25)27-8-10-6-12(11(10)7-24)23-9-19-14-15(23)20-17(18)21-16(14)26/h9-12,24H,3-8H2,1-2H3,(H3,18,20,21,26). The highest BCUT2D eigenvalue weighted by molar-refractivity contribution is 5.71. The number of nitrogens with two attached hydrogens (primary N) is 1. The summed E-state index contributed by atoms with van der Waals surface area (Å²) in [7, 11) is 3.92. The molecule has 3 rings (SSSR count). The Morgan fingerprint density at radius 1 is 1.52 bits per heavy atom. The van der Waals surface area contributed by atoms with Crippen molar-refractivity contribution in [2.24, 2.45) is 11.8 Å². The highest BCUT2D eigenvalue weighted by Gasteiger charge is 2.43. The quantitative estimate of drug-likeness (QED) is 0.535. The maximum Gasteiger partial charge on any atom is 0.305 e. The molecule has 3 atom stereocenters. The van der Waals surface area contributed by atoms with E-state index >= 15 is 0 Å². The summed E-state index contributed by atoms with van der Waals surface area (Å²) in [6.07, 6.45) is 3.39. The molecule has 10 heteroatoms. The number of H-pyrrole nitrogens is 1. The van der Waals surface area contributed by atoms with Crippen LogP contribution in [0.15, 0.2) is 11.1 Å². The third kappa shape index (κ3) is 4.11. The smallest absolute Gasteiger partial charge is 0.305 e. The number of ether oxygens (including phenoxy) is 1. The van der Waals surface area contributed by atoms with Crippen LogP contribution in [-0.2, 0) is 9.53 Å². The zero-order valence-electron chi connectivity index (χ0n) is 15.6. The summed E-state index contributed by atoms with van der Waals surface area (Å²) in [4.78, 5) is 36.5. The molecule has 148 valence electrons. The first-order valence-corrected chi connectivity index (χ1v) is 9.04. The number of hydrogen-bond donors (Lipinski definition) is 3. The number of rotatable bonds is 8. The van der Waals surface area contributed by atoms with Crippen LogP contribution in [0.3, 0.4) is 0 Å². The number of imidazole rings is 1. The highest BCUT2D eigenvalue weighted by Crippen LogP contribution is 2.44. The number of nitrogen functional groups attached to an aromatic ring is 1. The largest absolute Gasteiger partial charge is 0.465 e. The van der Waals surface area contributed by atoms with Gasteiger partial charge in [0.2, 0.25) is 5.95 Å². The van der Waals surface area contributed by atoms with Gasteiger partial charge in [-0.3, -0.25) is 14.6 Å². The van der Waals surface area contributed by atoms with Gasteiger partial charge in [-0.15, -0.1) is 0 Å². The van der Waals surface area contributed by atoms with Crippen molar-refractivity contribution in [3.05, 3.63) is 16.7 Å². The van der Waals surface area contributed by atoms with Crippen LogP contribution in [0.25, 0.3) is 11.2 Å². The van der Waals surface area contributed by atoms with Gasteiger partial charge in [-0.25, -0.2) is 4.98 Å². The fourth-order valence-corrected chi connectivity index (χ4v) is 3.56. The van der Waals surface area contributed by atoms with Crippen molar-refractivity contribution in [1.29, 1.82) is 0 Å². The molecular formula is C17H26N6O4. The molecule has 0 bridgehead atoms. The van der Waals surface area contributed by atoms with Crippen LogP contribution in [0.5, 0.6) is 0 Å². The van der Waals surface area contributed by atoms with Crippen molar-refractivity contribution in [2.75, 3.05) is 39.6 Å². The molecule has 1 aliphatic carbocycles. The maximum absolute atomic E-state index is 11.9. The Hall–Kier alpha value is -2.46. The van der Waals surface area contributed by atoms with E-state index in [0.29, 0.717) is 18.5 Å². The SMILES string of the molecule is CN(C)CCCC(=O)OCC1CC(n2cnc3c(=O)[nH]c(N)nc32)C1CO. The van der Waals surface area contributed by atoms with Crippen molar-refractivity contribution < 1.29 is 14.6 Å². The molecule has 0 amide bonds. The molecule has 0 spiro atoms. The summed E-state index contributed by atoms with van der Waals surface area (Å²) in [5.41, 5.74) is 5.86. The molecule has 1 saturated carbocycles. The van der Waals surface area contributed by atoms with Crippen LogP contribution in [0.1, 0.15) is 25.3 Å². The molecular weight excluding hydrogens is 352 g/mol. The second-order valence-electron chi connectivity index (χ2n) is 7.27. The molecule has 0 aliphatic heterocycles. The van der Waals surface area contributed by atoms with Gasteiger partial charge in [0.05, 0.1) is 12.9 Å². The molecule has 10 nitrogen and oxygen atoms in total. The van der Waals surface area contributed by atoms with E-state index in [9.17, 15) is 14.7 Å². The van der Waals surface area contributed by atoms with E-state index in [1.54, 1.807) is 10.9 Å². The third-order valence-corrected chi connectivity index (χ3v) is 5.11. The molecule has 0 aromatic carbocycles. The number of carbonyl (C=O) groups is 1. The van der Waals surface area contributed by atoms with E-state index in [-0.39, 0.29) is 54.1 Å². The van der Waals surface area contributed by atoms with Crippen LogP contribution >= 0.6 is 0 Å². The predicted molar refractivity (Wildman–Crippen MR) is 99.0 cm³/mol. The molecule has 27 heavy (non-hydrogen) atoms. The number of nitrogens with zero attached hydrogens (tertiary/aromatic N) is 4. The van der Waals surface area contributed by atoms with Gasteiger partial charge in [0, 0.05) is 30.9 Å². The number of aromatic nitrogens is 4. The first kappa shape index (κ1) is 19.3. The number of nitrogens with one attached hydrogen (secondary N) is 1. The first-order valence-electron chi connectivity index (χ1n) is 9.04. The van der Waals surface area contributed by atoms with Crippen LogP contribution in [0, 0.1) is 11.8 Å². The fraction of sp³-hybridized carbons (Fsp3) is 0.647. The fourth-order valence-electron chi connectivity index (χ4n) is 3.56. The first-order chi connectivity index (χ1) is 12.9. The third-order valence-electron chi connectivity index (χ3n) is 5.11. The molecule has 1 fully saturated rings. The molecule has 3 unspecified atom stereocenters. The van der Waals surface area contributed by atoms with E-state index in [2.05, 4.69) is 15.0 Å². The van der Waals surface area contributed by atoms with E-state index in [1.165, 1.54) is 0 Å². The van der Waals surface area contributed by atoms with E-state index in [1.807, 2.05) is 19.0 Å². The number of aromatic amines is 1. The lowest BCUT2D eigenvalue weighted by Gasteiger charge is -2.44. The minimum atomic E-state index is -0.390. The zero-order valence-corrected chi connectivity index (χ0v) is 15.6. The van der Waals surface area contributed by atoms with E-state index < -0.39 is 0 Å². The Bertz CT molecular complexity index is 861. The van der Waals surface area contributed by atoms with Crippen LogP contribution in [-0.4, -0.2) is 69.3 Å². The number of anilines is 1. The Kier molecular flexibility index (Phi) is 5.76. The van der Waals surface area contributed by atoms with Crippen LogP contribution in [0.4, 0.5) is 5.95 Å². The van der Waals surface area contributed by atoms with E-state index in [0.717, 1.165) is 13.0 Å². The van der Waals surface area contributed by atoms with Gasteiger partial charge < -0.3 is 25.0 Å². The topological polar surface area (TPSA) is 139 Å². The van der Waals surface area contributed by atoms with Crippen LogP contribution < -0.4 is 11.3 Å². The summed E-state index contributed by atoms with van der Waals surface area (Å²) in [5, 5.41) is 9.78. The Labute approximate surface area is 156 Å². The predicted octanol–water partition coefficient (Wildman–Crippen LogP) is -0.244. The number of aliphatic hydroxyl groups is 1. The average molecular weight is 378 g/mol. The lowest BCUT2D eigenvalue weighted by Crippen LogP contribution is -2.43. The van der Waals surface area contributed by atoms with Gasteiger partial charge in [-0.05, 0) is 33.5 Å². The van der Waals surface area contributed by atoms with Crippen molar-refractivity contribution in [3.63, 3.8) is 0 Å². The van der Waals surface area contributed by atoms with Crippen molar-refractivity contribution in [1.82, 2.24) is 24.4 Å². The molecule has 2 aromatic rings. The minimum Gasteiger partial charge on any atom is -0.465 e. The van der Waals surface area contributed by atoms with Gasteiger partial charge in [-0.2, -0.15) is 4.98 Å². The van der Waals surface area contributed by atoms with Gasteiger partial charge in [0.25, 0.3) is 5.56 Å². The van der Waals surface area contributed by atoms with Gasteiger partial charge in [0.15, 0.2) is 11.2 Å². The Morgan fingerprint density at radius 2 is 2.30 bits per heavy atom. The van der Waals surface area contributed by atoms with Gasteiger partial charge in [0.1, 0.15) is 0 Å². The number of hydrogen-bond acceptors (Lipinski definition) is 8. The van der Waals surface area contributed by atoms with Gasteiger partial charge >= 0.3 is 5.97 Å². The number of carbonyl (C=O) groups excluding carboxylic acids is 1. The lowest BCUT2D eigenvalue weighted by atomic mass is 9.70. The molecule has 0 radical (unpaired) electrons.